The maximum atomic E-state index is 8.95. The van der Waals surface area contributed by atoms with Gasteiger partial charge in [-0.3, -0.25) is 0 Å². The number of hydrogen-bond acceptors (Lipinski definition) is 1. The van der Waals surface area contributed by atoms with Gasteiger partial charge >= 0.3 is 0 Å². The summed E-state index contributed by atoms with van der Waals surface area (Å²) >= 11 is 0. The molecule has 1 nitrogen and oxygen atoms in total. The predicted octanol–water partition coefficient (Wildman–Crippen LogP) is 13.7. The molecule has 228 valence electrons. The van der Waals surface area contributed by atoms with Gasteiger partial charge in [-0.05, 0) is 101 Å². The molecule has 0 unspecified atom stereocenters. The molecule has 0 fully saturated rings. The lowest BCUT2D eigenvalue weighted by molar-refractivity contribution is 0.669. The lowest BCUT2D eigenvalue weighted by Gasteiger charge is -2.21. The molecule has 49 heavy (non-hydrogen) atoms. The van der Waals surface area contributed by atoms with Crippen LogP contribution in [0.15, 0.2) is 186 Å². The zero-order chi connectivity index (χ0) is 36.7. The van der Waals surface area contributed by atoms with E-state index >= 15 is 0 Å². The van der Waals surface area contributed by atoms with E-state index in [1.165, 1.54) is 0 Å². The molecule has 0 radical (unpaired) electrons. The van der Waals surface area contributed by atoms with Crippen molar-refractivity contribution in [1.82, 2.24) is 0 Å². The summed E-state index contributed by atoms with van der Waals surface area (Å²) in [5, 5.41) is 8.40. The molecule has 0 bridgehead atoms. The second-order valence-corrected chi connectivity index (χ2v) is 12.4. The lowest BCUT2D eigenvalue weighted by Crippen LogP contribution is -1.93. The minimum Gasteiger partial charge on any atom is -0.456 e. The fourth-order valence-corrected chi connectivity index (χ4v) is 7.59. The molecule has 0 aliphatic carbocycles. The fourth-order valence-electron chi connectivity index (χ4n) is 7.59. The van der Waals surface area contributed by atoms with E-state index in [1.54, 1.807) is 0 Å². The van der Waals surface area contributed by atoms with Crippen LogP contribution in [0.4, 0.5) is 0 Å². The second kappa shape index (κ2) is 11.1. The van der Waals surface area contributed by atoms with Gasteiger partial charge in [0.25, 0.3) is 0 Å². The van der Waals surface area contributed by atoms with Crippen LogP contribution >= 0.6 is 0 Å². The molecule has 10 aromatic rings. The van der Waals surface area contributed by atoms with E-state index in [1.807, 2.05) is 60.7 Å². The number of hydrogen-bond donors (Lipinski definition) is 0. The number of fused-ring (bicyclic) bond motifs is 6. The van der Waals surface area contributed by atoms with Gasteiger partial charge in [-0.25, -0.2) is 0 Å². The minimum absolute atomic E-state index is 0.180. The van der Waals surface area contributed by atoms with Gasteiger partial charge in [0, 0.05) is 10.8 Å². The summed E-state index contributed by atoms with van der Waals surface area (Å²) in [6.45, 7) is 0. The SMILES string of the molecule is [2H]c1c([2H])c([2H])c(-c2ccccc2-c2c3ccccc3c(-c3cccc4oc5cc6ccccc6cc5c34)c3ccc(-c4ccccc4)cc23)c([2H])c1[2H]. The Hall–Kier alpha value is -6.44. The zero-order valence-corrected chi connectivity index (χ0v) is 26.3. The Balaban J connectivity index is 1.37. The standard InChI is InChI=1S/C48H30O/c1-3-14-31(15-4-1)35-26-27-40-42(28-35)47(37-21-10-9-20-36(37)32-16-5-2-6-17-32)39-23-12-11-22-38(39)46(40)41-24-13-25-44-48(41)43-29-33-18-7-8-19-34(33)30-45(43)49-44/h1-30H/i2D,5D,6D,16D,17D. The van der Waals surface area contributed by atoms with Crippen molar-refractivity contribution in [2.75, 3.05) is 0 Å². The number of rotatable bonds is 4. The van der Waals surface area contributed by atoms with Gasteiger partial charge in [0.15, 0.2) is 0 Å². The van der Waals surface area contributed by atoms with Crippen molar-refractivity contribution >= 4 is 54.3 Å². The Morgan fingerprint density at radius 3 is 1.80 bits per heavy atom. The molecule has 9 aromatic carbocycles. The molecule has 0 saturated heterocycles. The van der Waals surface area contributed by atoms with E-state index in [-0.39, 0.29) is 29.7 Å². The highest BCUT2D eigenvalue weighted by Gasteiger charge is 2.22. The summed E-state index contributed by atoms with van der Waals surface area (Å²) in [5.74, 6) is 0. The van der Waals surface area contributed by atoms with E-state index in [9.17, 15) is 0 Å². The number of furan rings is 1. The van der Waals surface area contributed by atoms with Crippen LogP contribution in [0.25, 0.3) is 98.8 Å². The van der Waals surface area contributed by atoms with Gasteiger partial charge in [0.1, 0.15) is 11.2 Å². The molecule has 1 heteroatoms. The van der Waals surface area contributed by atoms with E-state index < -0.39 is 6.04 Å². The lowest BCUT2D eigenvalue weighted by atomic mass is 9.82. The third kappa shape index (κ3) is 4.40. The molecule has 0 spiro atoms. The highest BCUT2D eigenvalue weighted by molar-refractivity contribution is 6.27. The van der Waals surface area contributed by atoms with Crippen molar-refractivity contribution in [1.29, 1.82) is 0 Å². The molecule has 0 aliphatic rings. The van der Waals surface area contributed by atoms with Gasteiger partial charge in [0.2, 0.25) is 0 Å². The highest BCUT2D eigenvalue weighted by atomic mass is 16.3. The zero-order valence-electron chi connectivity index (χ0n) is 31.3. The quantitative estimate of drug-likeness (QED) is 0.177. The van der Waals surface area contributed by atoms with Crippen molar-refractivity contribution in [2.24, 2.45) is 0 Å². The van der Waals surface area contributed by atoms with Crippen LogP contribution in [0.1, 0.15) is 6.85 Å². The average molecular weight is 628 g/mol. The van der Waals surface area contributed by atoms with Gasteiger partial charge in [-0.1, -0.05) is 158 Å². The van der Waals surface area contributed by atoms with E-state index in [4.69, 9.17) is 11.3 Å². The Labute approximate surface area is 291 Å². The first-order valence-electron chi connectivity index (χ1n) is 18.9. The van der Waals surface area contributed by atoms with E-state index in [0.717, 1.165) is 87.6 Å². The van der Waals surface area contributed by atoms with Gasteiger partial charge in [0.05, 0.1) is 6.85 Å². The molecule has 0 saturated carbocycles. The maximum Gasteiger partial charge on any atom is 0.136 e. The molecule has 1 aromatic heterocycles. The Bertz CT molecular complexity index is 3130. The molecule has 0 N–H and O–H groups in total. The molecular formula is C48H30O. The van der Waals surface area contributed by atoms with Crippen LogP contribution in [0.5, 0.6) is 0 Å². The third-order valence-electron chi connectivity index (χ3n) is 9.73. The predicted molar refractivity (Wildman–Crippen MR) is 208 cm³/mol. The molecule has 1 heterocycles. The summed E-state index contributed by atoms with van der Waals surface area (Å²) in [7, 11) is 0. The fraction of sp³-hybridized carbons (Fsp3) is 0. The van der Waals surface area contributed by atoms with Crippen LogP contribution in [0.3, 0.4) is 0 Å². The summed E-state index contributed by atoms with van der Waals surface area (Å²) in [6, 6.07) is 50.3. The van der Waals surface area contributed by atoms with Crippen LogP contribution < -0.4 is 0 Å². The monoisotopic (exact) mass is 627 g/mol. The van der Waals surface area contributed by atoms with Crippen molar-refractivity contribution < 1.29 is 11.3 Å². The third-order valence-corrected chi connectivity index (χ3v) is 9.73. The molecule has 0 amide bonds. The summed E-state index contributed by atoms with van der Waals surface area (Å²) in [4.78, 5) is 0. The smallest absolute Gasteiger partial charge is 0.136 e. The first-order chi connectivity index (χ1) is 26.4. The Morgan fingerprint density at radius 2 is 1.00 bits per heavy atom. The molecule has 0 aliphatic heterocycles. The van der Waals surface area contributed by atoms with E-state index in [0.29, 0.717) is 5.56 Å². The topological polar surface area (TPSA) is 13.1 Å². The second-order valence-electron chi connectivity index (χ2n) is 12.4. The van der Waals surface area contributed by atoms with Crippen LogP contribution in [-0.4, -0.2) is 0 Å². The van der Waals surface area contributed by atoms with Crippen molar-refractivity contribution in [3.8, 4) is 44.5 Å². The van der Waals surface area contributed by atoms with Gasteiger partial charge in [-0.2, -0.15) is 0 Å². The molecule has 0 atom stereocenters. The minimum atomic E-state index is -0.409. The van der Waals surface area contributed by atoms with Crippen molar-refractivity contribution in [3.63, 3.8) is 0 Å². The van der Waals surface area contributed by atoms with Crippen molar-refractivity contribution in [2.45, 2.75) is 0 Å². The average Bonchev–Trinajstić information content (AvgIpc) is 3.58. The maximum absolute atomic E-state index is 8.95. The normalized spacial score (nSPS) is 13.1. The van der Waals surface area contributed by atoms with Crippen molar-refractivity contribution in [3.05, 3.63) is 182 Å². The van der Waals surface area contributed by atoms with Crippen LogP contribution in [0.2, 0.25) is 0 Å². The summed E-state index contributed by atoms with van der Waals surface area (Å²) in [5.41, 5.74) is 8.37. The van der Waals surface area contributed by atoms with Gasteiger partial charge in [-0.15, -0.1) is 0 Å². The first kappa shape index (κ1) is 23.0. The molecular weight excluding hydrogens is 593 g/mol. The van der Waals surface area contributed by atoms with Gasteiger partial charge < -0.3 is 4.42 Å². The largest absolute Gasteiger partial charge is 0.456 e. The first-order valence-corrected chi connectivity index (χ1v) is 16.4. The van der Waals surface area contributed by atoms with Crippen LogP contribution in [0, 0.1) is 0 Å². The molecule has 10 rings (SSSR count). The van der Waals surface area contributed by atoms with E-state index in [2.05, 4.69) is 91.0 Å². The Kier molecular flexibility index (Phi) is 5.20. The summed E-state index contributed by atoms with van der Waals surface area (Å²) < 4.78 is 49.7. The van der Waals surface area contributed by atoms with Crippen LogP contribution in [-0.2, 0) is 0 Å². The number of benzene rings is 9. The highest BCUT2D eigenvalue weighted by Crippen LogP contribution is 2.49. The Morgan fingerprint density at radius 1 is 0.367 bits per heavy atom. The summed E-state index contributed by atoms with van der Waals surface area (Å²) in [6.07, 6.45) is 0.